The maximum absolute atomic E-state index is 14.2. The molecule has 1 aliphatic heterocycles. The molecule has 0 saturated carbocycles. The number of piperidine rings is 1. The van der Waals surface area contributed by atoms with Crippen LogP contribution in [0.4, 0.5) is 8.78 Å². The SMILES string of the molecule is CC(C)OCCCCCN1CCC(NC(=O)C(C)C)C(F)(F)C1. The molecular formula is C17H32F2N2O2. The fourth-order valence-electron chi connectivity index (χ4n) is 2.65. The Kier molecular flexibility index (Phi) is 8.40. The summed E-state index contributed by atoms with van der Waals surface area (Å²) in [5.74, 6) is -3.42. The largest absolute Gasteiger partial charge is 0.379 e. The van der Waals surface area contributed by atoms with E-state index in [1.165, 1.54) is 0 Å². The van der Waals surface area contributed by atoms with Crippen LogP contribution in [0.1, 0.15) is 53.4 Å². The fourth-order valence-corrected chi connectivity index (χ4v) is 2.65. The van der Waals surface area contributed by atoms with E-state index < -0.39 is 12.0 Å². The minimum Gasteiger partial charge on any atom is -0.379 e. The maximum atomic E-state index is 14.2. The van der Waals surface area contributed by atoms with E-state index in [0.717, 1.165) is 25.9 Å². The molecule has 1 aliphatic rings. The van der Waals surface area contributed by atoms with Gasteiger partial charge in [0.2, 0.25) is 5.91 Å². The lowest BCUT2D eigenvalue weighted by molar-refractivity contribution is -0.133. The molecule has 0 aromatic rings. The third kappa shape index (κ3) is 7.57. The van der Waals surface area contributed by atoms with Crippen molar-refractivity contribution < 1.29 is 18.3 Å². The van der Waals surface area contributed by atoms with Gasteiger partial charge in [-0.1, -0.05) is 13.8 Å². The molecule has 0 bridgehead atoms. The molecule has 1 unspecified atom stereocenters. The number of carbonyl (C=O) groups is 1. The van der Waals surface area contributed by atoms with Gasteiger partial charge in [0.25, 0.3) is 5.92 Å². The number of nitrogens with zero attached hydrogens (tertiary/aromatic N) is 1. The van der Waals surface area contributed by atoms with Crippen LogP contribution < -0.4 is 5.32 Å². The number of ether oxygens (including phenoxy) is 1. The highest BCUT2D eigenvalue weighted by Crippen LogP contribution is 2.27. The zero-order valence-electron chi connectivity index (χ0n) is 14.9. The molecule has 1 N–H and O–H groups in total. The number of alkyl halides is 2. The summed E-state index contributed by atoms with van der Waals surface area (Å²) in [5, 5.41) is 2.49. The van der Waals surface area contributed by atoms with Crippen molar-refractivity contribution in [2.24, 2.45) is 5.92 Å². The Morgan fingerprint density at radius 3 is 2.52 bits per heavy atom. The zero-order chi connectivity index (χ0) is 17.5. The van der Waals surface area contributed by atoms with Crippen LogP contribution in [0.3, 0.4) is 0 Å². The van der Waals surface area contributed by atoms with Gasteiger partial charge in [-0.05, 0) is 46.1 Å². The van der Waals surface area contributed by atoms with Crippen LogP contribution in [0.5, 0.6) is 0 Å². The molecule has 0 aromatic heterocycles. The van der Waals surface area contributed by atoms with Crippen LogP contribution in [0.15, 0.2) is 0 Å². The van der Waals surface area contributed by atoms with Crippen molar-refractivity contribution in [1.82, 2.24) is 10.2 Å². The number of nitrogens with one attached hydrogen (secondary N) is 1. The van der Waals surface area contributed by atoms with Gasteiger partial charge in [0.1, 0.15) is 0 Å². The van der Waals surface area contributed by atoms with Crippen LogP contribution in [-0.2, 0) is 9.53 Å². The average molecular weight is 334 g/mol. The smallest absolute Gasteiger partial charge is 0.280 e. The van der Waals surface area contributed by atoms with Gasteiger partial charge in [0.15, 0.2) is 0 Å². The number of rotatable bonds is 9. The normalized spacial score (nSPS) is 21.8. The number of carbonyl (C=O) groups excluding carboxylic acids is 1. The first-order valence-corrected chi connectivity index (χ1v) is 8.74. The van der Waals surface area contributed by atoms with E-state index in [1.807, 2.05) is 13.8 Å². The lowest BCUT2D eigenvalue weighted by atomic mass is 9.99. The van der Waals surface area contributed by atoms with Crippen LogP contribution in [-0.4, -0.2) is 55.1 Å². The minimum atomic E-state index is -2.86. The first kappa shape index (κ1) is 20.3. The van der Waals surface area contributed by atoms with E-state index in [2.05, 4.69) is 5.32 Å². The summed E-state index contributed by atoms with van der Waals surface area (Å²) in [4.78, 5) is 13.4. The summed E-state index contributed by atoms with van der Waals surface area (Å²) in [6.07, 6.45) is 3.41. The van der Waals surface area contributed by atoms with Crippen molar-refractivity contribution in [2.75, 3.05) is 26.2 Å². The molecule has 1 rings (SSSR count). The zero-order valence-corrected chi connectivity index (χ0v) is 14.9. The van der Waals surface area contributed by atoms with E-state index in [4.69, 9.17) is 4.74 Å². The van der Waals surface area contributed by atoms with E-state index in [1.54, 1.807) is 18.7 Å². The molecule has 136 valence electrons. The predicted octanol–water partition coefficient (Wildman–Crippen LogP) is 3.06. The van der Waals surface area contributed by atoms with Gasteiger partial charge < -0.3 is 10.1 Å². The van der Waals surface area contributed by atoms with Crippen LogP contribution >= 0.6 is 0 Å². The summed E-state index contributed by atoms with van der Waals surface area (Å²) >= 11 is 0. The molecular weight excluding hydrogens is 302 g/mol. The van der Waals surface area contributed by atoms with Gasteiger partial charge in [0, 0.05) is 19.1 Å². The van der Waals surface area contributed by atoms with Crippen molar-refractivity contribution in [3.63, 3.8) is 0 Å². The molecule has 0 spiro atoms. The Bertz CT molecular complexity index is 363. The Hall–Kier alpha value is -0.750. The second-order valence-electron chi connectivity index (χ2n) is 7.02. The highest BCUT2D eigenvalue weighted by atomic mass is 19.3. The van der Waals surface area contributed by atoms with Gasteiger partial charge in [-0.25, -0.2) is 8.78 Å². The quantitative estimate of drug-likeness (QED) is 0.659. The Balaban J connectivity index is 2.26. The van der Waals surface area contributed by atoms with E-state index >= 15 is 0 Å². The van der Waals surface area contributed by atoms with Crippen LogP contribution in [0.25, 0.3) is 0 Å². The second kappa shape index (κ2) is 9.52. The Morgan fingerprint density at radius 1 is 1.26 bits per heavy atom. The van der Waals surface area contributed by atoms with Gasteiger partial charge in [0.05, 0.1) is 18.7 Å². The van der Waals surface area contributed by atoms with Gasteiger partial charge in [-0.3, -0.25) is 9.69 Å². The predicted molar refractivity (Wildman–Crippen MR) is 87.7 cm³/mol. The van der Waals surface area contributed by atoms with Crippen molar-refractivity contribution in [3.05, 3.63) is 0 Å². The first-order chi connectivity index (χ1) is 10.7. The summed E-state index contributed by atoms with van der Waals surface area (Å²) in [6, 6.07) is -1.03. The van der Waals surface area contributed by atoms with Crippen molar-refractivity contribution in [3.8, 4) is 0 Å². The summed E-state index contributed by atoms with van der Waals surface area (Å²) in [5.41, 5.74) is 0. The molecule has 1 fully saturated rings. The molecule has 1 heterocycles. The number of likely N-dealkylation sites (tertiary alicyclic amines) is 1. The fraction of sp³-hybridized carbons (Fsp3) is 0.941. The van der Waals surface area contributed by atoms with Crippen molar-refractivity contribution >= 4 is 5.91 Å². The lowest BCUT2D eigenvalue weighted by Crippen LogP contribution is -2.58. The third-order valence-corrected chi connectivity index (χ3v) is 4.09. The molecule has 1 saturated heterocycles. The summed E-state index contributed by atoms with van der Waals surface area (Å²) < 4.78 is 33.8. The van der Waals surface area contributed by atoms with Crippen LogP contribution in [0, 0.1) is 5.92 Å². The van der Waals surface area contributed by atoms with E-state index in [0.29, 0.717) is 19.5 Å². The molecule has 1 atom stereocenters. The molecule has 23 heavy (non-hydrogen) atoms. The molecule has 1 amide bonds. The summed E-state index contributed by atoms with van der Waals surface area (Å²) in [6.45, 7) is 9.20. The van der Waals surface area contributed by atoms with Crippen LogP contribution in [0.2, 0.25) is 0 Å². The van der Waals surface area contributed by atoms with Gasteiger partial charge in [-0.2, -0.15) is 0 Å². The van der Waals surface area contributed by atoms with Gasteiger partial charge in [-0.15, -0.1) is 0 Å². The van der Waals surface area contributed by atoms with E-state index in [-0.39, 0.29) is 24.5 Å². The summed E-state index contributed by atoms with van der Waals surface area (Å²) in [7, 11) is 0. The van der Waals surface area contributed by atoms with Crippen molar-refractivity contribution in [1.29, 1.82) is 0 Å². The topological polar surface area (TPSA) is 41.6 Å². The second-order valence-corrected chi connectivity index (χ2v) is 7.02. The van der Waals surface area contributed by atoms with E-state index in [9.17, 15) is 13.6 Å². The highest BCUT2D eigenvalue weighted by Gasteiger charge is 2.45. The lowest BCUT2D eigenvalue weighted by Gasteiger charge is -2.38. The standard InChI is InChI=1S/C17H32F2N2O2/c1-13(2)16(22)20-15-8-10-21(12-17(15,18)19)9-6-5-7-11-23-14(3)4/h13-15H,5-12H2,1-4H3,(H,20,22). The number of hydrogen-bond acceptors (Lipinski definition) is 3. The maximum Gasteiger partial charge on any atom is 0.280 e. The monoisotopic (exact) mass is 334 g/mol. The molecule has 0 aliphatic carbocycles. The minimum absolute atomic E-state index is 0.244. The number of unbranched alkanes of at least 4 members (excludes halogenated alkanes) is 2. The molecule has 4 nitrogen and oxygen atoms in total. The highest BCUT2D eigenvalue weighted by molar-refractivity contribution is 5.78. The number of halogens is 2. The molecule has 0 aromatic carbocycles. The average Bonchev–Trinajstić information content (AvgIpc) is 2.44. The third-order valence-electron chi connectivity index (χ3n) is 4.09. The molecule has 6 heteroatoms. The Labute approximate surface area is 138 Å². The van der Waals surface area contributed by atoms with Gasteiger partial charge >= 0.3 is 0 Å². The molecule has 0 radical (unpaired) electrons. The first-order valence-electron chi connectivity index (χ1n) is 8.74. The number of hydrogen-bond donors (Lipinski definition) is 1. The number of amides is 1. The van der Waals surface area contributed by atoms with Crippen molar-refractivity contribution in [2.45, 2.75) is 71.4 Å². The Morgan fingerprint density at radius 2 is 1.96 bits per heavy atom.